The van der Waals surface area contributed by atoms with Gasteiger partial charge in [-0.25, -0.2) is 0 Å². The van der Waals surface area contributed by atoms with Crippen molar-refractivity contribution in [3.05, 3.63) is 33.8 Å². The molecule has 0 atom stereocenters. The molecule has 0 aliphatic carbocycles. The molecule has 1 aromatic rings. The van der Waals surface area contributed by atoms with Crippen LogP contribution in [0, 0.1) is 12.8 Å². The summed E-state index contributed by atoms with van der Waals surface area (Å²) in [4.78, 5) is 11.8. The molecule has 1 amide bonds. The van der Waals surface area contributed by atoms with Crippen LogP contribution in [0.4, 0.5) is 0 Å². The van der Waals surface area contributed by atoms with Crippen molar-refractivity contribution in [2.24, 2.45) is 5.92 Å². The highest BCUT2D eigenvalue weighted by molar-refractivity contribution is 9.10. The molecule has 0 aromatic heterocycles. The van der Waals surface area contributed by atoms with Gasteiger partial charge in [-0.2, -0.15) is 0 Å². The van der Waals surface area contributed by atoms with Crippen LogP contribution < -0.4 is 5.32 Å². The van der Waals surface area contributed by atoms with Crippen LogP contribution in [0.3, 0.4) is 0 Å². The van der Waals surface area contributed by atoms with Gasteiger partial charge in [0.05, 0.1) is 0 Å². The van der Waals surface area contributed by atoms with Crippen LogP contribution >= 0.6 is 15.9 Å². The Hall–Kier alpha value is -0.830. The molecule has 0 heterocycles. The molecule has 1 N–H and O–H groups in total. The molecule has 0 unspecified atom stereocenters. The van der Waals surface area contributed by atoms with Crippen LogP contribution in [0.25, 0.3) is 0 Å². The zero-order valence-electron chi connectivity index (χ0n) is 9.30. The van der Waals surface area contributed by atoms with Crippen LogP contribution in [0.15, 0.2) is 22.7 Å². The molecule has 2 nitrogen and oxygen atoms in total. The molecule has 0 spiro atoms. The highest BCUT2D eigenvalue weighted by atomic mass is 79.9. The number of nitrogens with one attached hydrogen (secondary N) is 1. The third kappa shape index (κ3) is 3.34. The second-order valence-corrected chi connectivity index (χ2v) is 4.87. The molecule has 1 aromatic carbocycles. The Labute approximate surface area is 99.2 Å². The summed E-state index contributed by atoms with van der Waals surface area (Å²) in [7, 11) is 0. The van der Waals surface area contributed by atoms with E-state index >= 15 is 0 Å². The van der Waals surface area contributed by atoms with Crippen molar-refractivity contribution < 1.29 is 4.79 Å². The summed E-state index contributed by atoms with van der Waals surface area (Å²) in [6, 6.07) is 5.66. The predicted molar refractivity (Wildman–Crippen MR) is 66.1 cm³/mol. The first-order chi connectivity index (χ1) is 7.02. The lowest BCUT2D eigenvalue weighted by Crippen LogP contribution is -2.27. The first-order valence-electron chi connectivity index (χ1n) is 5.05. The van der Waals surface area contributed by atoms with E-state index in [1.165, 1.54) is 0 Å². The molecular weight excluding hydrogens is 254 g/mol. The maximum atomic E-state index is 11.8. The summed E-state index contributed by atoms with van der Waals surface area (Å²) in [6.07, 6.45) is 0. The molecule has 15 heavy (non-hydrogen) atoms. The molecule has 0 saturated heterocycles. The third-order valence-corrected chi connectivity index (χ3v) is 3.04. The van der Waals surface area contributed by atoms with E-state index in [9.17, 15) is 4.79 Å². The van der Waals surface area contributed by atoms with E-state index < -0.39 is 0 Å². The van der Waals surface area contributed by atoms with Crippen molar-refractivity contribution in [1.29, 1.82) is 0 Å². The van der Waals surface area contributed by atoms with Gasteiger partial charge in [-0.15, -0.1) is 0 Å². The van der Waals surface area contributed by atoms with Crippen molar-refractivity contribution in [3.8, 4) is 0 Å². The van der Waals surface area contributed by atoms with E-state index in [4.69, 9.17) is 0 Å². The van der Waals surface area contributed by atoms with Crippen LogP contribution in [0.2, 0.25) is 0 Å². The number of hydrogen-bond acceptors (Lipinski definition) is 1. The molecule has 0 radical (unpaired) electrons. The van der Waals surface area contributed by atoms with Crippen LogP contribution in [-0.2, 0) is 0 Å². The number of amides is 1. The number of carbonyl (C=O) groups is 1. The van der Waals surface area contributed by atoms with Crippen LogP contribution in [0.1, 0.15) is 29.8 Å². The monoisotopic (exact) mass is 269 g/mol. The maximum absolute atomic E-state index is 11.8. The fourth-order valence-corrected chi connectivity index (χ4v) is 1.61. The first kappa shape index (κ1) is 12.2. The maximum Gasteiger partial charge on any atom is 0.251 e. The number of halogens is 1. The summed E-state index contributed by atoms with van der Waals surface area (Å²) >= 11 is 3.41. The van der Waals surface area contributed by atoms with Gasteiger partial charge in [0.2, 0.25) is 0 Å². The lowest BCUT2D eigenvalue weighted by Gasteiger charge is -2.10. The minimum atomic E-state index is 0.00231. The quantitative estimate of drug-likeness (QED) is 0.898. The minimum absolute atomic E-state index is 0.00231. The Kier molecular flexibility index (Phi) is 4.33. The standard InChI is InChI=1S/C12H16BrNO/c1-8(2)7-14-12(15)10-5-4-6-11(13)9(10)3/h4-6,8H,7H2,1-3H3,(H,14,15). The van der Waals surface area contributed by atoms with Gasteiger partial charge in [-0.3, -0.25) is 4.79 Å². The van der Waals surface area contributed by atoms with E-state index in [1.54, 1.807) is 0 Å². The largest absolute Gasteiger partial charge is 0.352 e. The van der Waals surface area contributed by atoms with Crippen molar-refractivity contribution >= 4 is 21.8 Å². The van der Waals surface area contributed by atoms with Crippen molar-refractivity contribution in [2.75, 3.05) is 6.54 Å². The summed E-state index contributed by atoms with van der Waals surface area (Å²) in [5.41, 5.74) is 1.73. The van der Waals surface area contributed by atoms with Crippen LogP contribution in [-0.4, -0.2) is 12.5 Å². The SMILES string of the molecule is Cc1c(Br)cccc1C(=O)NCC(C)C. The van der Waals surface area contributed by atoms with Gasteiger partial charge in [0.1, 0.15) is 0 Å². The Morgan fingerprint density at radius 3 is 2.73 bits per heavy atom. The number of carbonyl (C=O) groups excluding carboxylic acids is 1. The smallest absolute Gasteiger partial charge is 0.251 e. The summed E-state index contributed by atoms with van der Waals surface area (Å²) < 4.78 is 0.972. The van der Waals surface area contributed by atoms with Crippen molar-refractivity contribution in [3.63, 3.8) is 0 Å². The van der Waals surface area contributed by atoms with Crippen LogP contribution in [0.5, 0.6) is 0 Å². The van der Waals surface area contributed by atoms with Crippen molar-refractivity contribution in [2.45, 2.75) is 20.8 Å². The fraction of sp³-hybridized carbons (Fsp3) is 0.417. The Balaban J connectivity index is 2.78. The molecule has 0 aliphatic rings. The number of hydrogen-bond donors (Lipinski definition) is 1. The second kappa shape index (κ2) is 5.31. The van der Waals surface area contributed by atoms with Gasteiger partial charge in [0, 0.05) is 16.6 Å². The molecular formula is C12H16BrNO. The summed E-state index contributed by atoms with van der Waals surface area (Å²) in [5, 5.41) is 2.91. The first-order valence-corrected chi connectivity index (χ1v) is 5.85. The van der Waals surface area contributed by atoms with E-state index in [0.29, 0.717) is 12.5 Å². The molecule has 0 aliphatic heterocycles. The number of rotatable bonds is 3. The molecule has 1 rings (SSSR count). The zero-order valence-corrected chi connectivity index (χ0v) is 10.9. The van der Waals surface area contributed by atoms with Crippen molar-refractivity contribution in [1.82, 2.24) is 5.32 Å². The number of benzene rings is 1. The molecule has 3 heteroatoms. The van der Waals surface area contributed by atoms with E-state index in [2.05, 4.69) is 35.1 Å². The Morgan fingerprint density at radius 1 is 1.47 bits per heavy atom. The van der Waals surface area contributed by atoms with Gasteiger partial charge < -0.3 is 5.32 Å². The minimum Gasteiger partial charge on any atom is -0.352 e. The molecule has 0 fully saturated rings. The lowest BCUT2D eigenvalue weighted by atomic mass is 10.1. The summed E-state index contributed by atoms with van der Waals surface area (Å²) in [5.74, 6) is 0.476. The van der Waals surface area contributed by atoms with Gasteiger partial charge in [-0.1, -0.05) is 35.8 Å². The Bertz CT molecular complexity index is 361. The second-order valence-electron chi connectivity index (χ2n) is 4.02. The Morgan fingerprint density at radius 2 is 2.13 bits per heavy atom. The van der Waals surface area contributed by atoms with Gasteiger partial charge in [-0.05, 0) is 30.5 Å². The molecule has 0 bridgehead atoms. The zero-order chi connectivity index (χ0) is 11.4. The molecule has 82 valence electrons. The highest BCUT2D eigenvalue weighted by Crippen LogP contribution is 2.19. The fourth-order valence-electron chi connectivity index (χ4n) is 1.25. The average molecular weight is 270 g/mol. The third-order valence-electron chi connectivity index (χ3n) is 2.18. The molecule has 0 saturated carbocycles. The van der Waals surface area contributed by atoms with Gasteiger partial charge >= 0.3 is 0 Å². The highest BCUT2D eigenvalue weighted by Gasteiger charge is 2.10. The van der Waals surface area contributed by atoms with Gasteiger partial charge in [0.25, 0.3) is 5.91 Å². The topological polar surface area (TPSA) is 29.1 Å². The van der Waals surface area contributed by atoms with Gasteiger partial charge in [0.15, 0.2) is 0 Å². The van der Waals surface area contributed by atoms with E-state index in [-0.39, 0.29) is 5.91 Å². The van der Waals surface area contributed by atoms with E-state index in [1.807, 2.05) is 25.1 Å². The summed E-state index contributed by atoms with van der Waals surface area (Å²) in [6.45, 7) is 6.81. The average Bonchev–Trinajstić information content (AvgIpc) is 2.18. The predicted octanol–water partition coefficient (Wildman–Crippen LogP) is 3.14. The normalized spacial score (nSPS) is 10.5. The lowest BCUT2D eigenvalue weighted by molar-refractivity contribution is 0.0948. The van der Waals surface area contributed by atoms with E-state index in [0.717, 1.165) is 15.6 Å².